The highest BCUT2D eigenvalue weighted by atomic mass is 35.5. The number of fused-ring (bicyclic) bond motifs is 1. The Bertz CT molecular complexity index is 623. The monoisotopic (exact) mass is 322 g/mol. The van der Waals surface area contributed by atoms with E-state index in [4.69, 9.17) is 10.2 Å². The molecule has 122 valence electrons. The molecule has 2 heterocycles. The van der Waals surface area contributed by atoms with Gasteiger partial charge in [0.25, 0.3) is 0 Å². The third-order valence-corrected chi connectivity index (χ3v) is 4.95. The van der Waals surface area contributed by atoms with E-state index >= 15 is 0 Å². The van der Waals surface area contributed by atoms with Crippen LogP contribution in [0.25, 0.3) is 11.0 Å². The fourth-order valence-corrected chi connectivity index (χ4v) is 3.28. The molecule has 2 N–H and O–H groups in total. The van der Waals surface area contributed by atoms with Crippen LogP contribution in [0.15, 0.2) is 22.6 Å². The lowest BCUT2D eigenvalue weighted by molar-refractivity contribution is 0.0849. The van der Waals surface area contributed by atoms with Crippen molar-refractivity contribution in [2.45, 2.75) is 46.7 Å². The second-order valence-corrected chi connectivity index (χ2v) is 7.28. The third-order valence-electron chi connectivity index (χ3n) is 4.95. The smallest absolute Gasteiger partial charge is 0.134 e. The van der Waals surface area contributed by atoms with Gasteiger partial charge in [0.05, 0.1) is 6.54 Å². The minimum absolute atomic E-state index is 0. The lowest BCUT2D eigenvalue weighted by atomic mass is 9.80. The van der Waals surface area contributed by atoms with E-state index in [1.54, 1.807) is 0 Å². The van der Waals surface area contributed by atoms with E-state index in [0.717, 1.165) is 37.4 Å². The summed E-state index contributed by atoms with van der Waals surface area (Å²) in [5.74, 6) is 1.06. The minimum Gasteiger partial charge on any atom is -0.460 e. The van der Waals surface area contributed by atoms with Gasteiger partial charge >= 0.3 is 0 Å². The molecule has 1 unspecified atom stereocenters. The number of hydrogen-bond donors (Lipinski definition) is 1. The van der Waals surface area contributed by atoms with Gasteiger partial charge in [-0.15, -0.1) is 12.4 Å². The largest absolute Gasteiger partial charge is 0.460 e. The predicted octanol–water partition coefficient (Wildman–Crippen LogP) is 4.03. The first kappa shape index (κ1) is 17.3. The summed E-state index contributed by atoms with van der Waals surface area (Å²) in [6.07, 6.45) is 1.06. The molecule has 0 amide bonds. The van der Waals surface area contributed by atoms with Gasteiger partial charge in [0.2, 0.25) is 0 Å². The van der Waals surface area contributed by atoms with E-state index in [2.05, 4.69) is 50.8 Å². The van der Waals surface area contributed by atoms with Crippen molar-refractivity contribution in [3.05, 3.63) is 35.1 Å². The highest BCUT2D eigenvalue weighted by molar-refractivity contribution is 5.85. The number of aryl methyl sites for hydroxylation is 2. The van der Waals surface area contributed by atoms with Crippen LogP contribution in [0.4, 0.5) is 0 Å². The molecule has 1 aliphatic heterocycles. The van der Waals surface area contributed by atoms with Crippen LogP contribution >= 0.6 is 12.4 Å². The summed E-state index contributed by atoms with van der Waals surface area (Å²) in [6, 6.07) is 6.84. The van der Waals surface area contributed by atoms with Gasteiger partial charge in [0.15, 0.2) is 0 Å². The van der Waals surface area contributed by atoms with Crippen LogP contribution in [0.5, 0.6) is 0 Å². The Balaban J connectivity index is 0.00000176. The fraction of sp³-hybridized carbons (Fsp3) is 0.556. The third kappa shape index (κ3) is 3.32. The molecule has 1 aliphatic rings. The van der Waals surface area contributed by atoms with Crippen LogP contribution in [0.1, 0.15) is 37.2 Å². The second kappa shape index (κ2) is 6.23. The molecule has 0 saturated carbocycles. The minimum atomic E-state index is 0. The van der Waals surface area contributed by atoms with Crippen molar-refractivity contribution in [2.75, 3.05) is 13.1 Å². The average Bonchev–Trinajstić information content (AvgIpc) is 2.75. The molecular formula is C18H27ClN2O. The average molecular weight is 323 g/mol. The van der Waals surface area contributed by atoms with Crippen LogP contribution in [0.3, 0.4) is 0 Å². The summed E-state index contributed by atoms with van der Waals surface area (Å²) < 4.78 is 6.03. The zero-order valence-corrected chi connectivity index (χ0v) is 14.8. The second-order valence-electron chi connectivity index (χ2n) is 7.28. The van der Waals surface area contributed by atoms with Gasteiger partial charge in [0, 0.05) is 24.5 Å². The predicted molar refractivity (Wildman–Crippen MR) is 94.6 cm³/mol. The van der Waals surface area contributed by atoms with Gasteiger partial charge in [-0.2, -0.15) is 0 Å². The van der Waals surface area contributed by atoms with Crippen LogP contribution in [-0.4, -0.2) is 24.0 Å². The van der Waals surface area contributed by atoms with Crippen molar-refractivity contribution >= 4 is 23.4 Å². The molecule has 1 aromatic carbocycles. The molecule has 0 bridgehead atoms. The molecule has 1 aromatic heterocycles. The van der Waals surface area contributed by atoms with E-state index in [1.165, 1.54) is 16.5 Å². The van der Waals surface area contributed by atoms with Crippen molar-refractivity contribution in [3.63, 3.8) is 0 Å². The normalized spacial score (nSPS) is 21.8. The number of hydrogen-bond acceptors (Lipinski definition) is 3. The maximum Gasteiger partial charge on any atom is 0.134 e. The number of halogens is 1. The summed E-state index contributed by atoms with van der Waals surface area (Å²) in [5.41, 5.74) is 10.00. The van der Waals surface area contributed by atoms with Crippen LogP contribution in [0, 0.1) is 19.3 Å². The summed E-state index contributed by atoms with van der Waals surface area (Å²) in [7, 11) is 0. The molecule has 0 spiro atoms. The van der Waals surface area contributed by atoms with E-state index in [0.29, 0.717) is 6.04 Å². The zero-order chi connectivity index (χ0) is 15.2. The summed E-state index contributed by atoms with van der Waals surface area (Å²) in [4.78, 5) is 2.46. The van der Waals surface area contributed by atoms with E-state index in [9.17, 15) is 0 Å². The van der Waals surface area contributed by atoms with Gasteiger partial charge in [-0.1, -0.05) is 13.8 Å². The maximum atomic E-state index is 6.21. The number of nitrogens with two attached hydrogens (primary N) is 1. The number of piperidine rings is 1. The van der Waals surface area contributed by atoms with Crippen LogP contribution in [-0.2, 0) is 6.54 Å². The van der Waals surface area contributed by atoms with Gasteiger partial charge in [-0.05, 0) is 55.0 Å². The molecule has 3 rings (SSSR count). The number of rotatable bonds is 2. The van der Waals surface area contributed by atoms with Crippen molar-refractivity contribution < 1.29 is 4.42 Å². The molecule has 1 atom stereocenters. The number of benzene rings is 1. The van der Waals surface area contributed by atoms with Gasteiger partial charge in [-0.25, -0.2) is 0 Å². The van der Waals surface area contributed by atoms with E-state index in [1.807, 2.05) is 0 Å². The van der Waals surface area contributed by atoms with Gasteiger partial charge in [-0.3, -0.25) is 4.90 Å². The molecule has 3 nitrogen and oxygen atoms in total. The van der Waals surface area contributed by atoms with Crippen molar-refractivity contribution in [2.24, 2.45) is 11.1 Å². The summed E-state index contributed by atoms with van der Waals surface area (Å²) in [6.45, 7) is 11.8. The number of likely N-dealkylation sites (tertiary alicyclic amines) is 1. The van der Waals surface area contributed by atoms with Crippen LogP contribution < -0.4 is 5.73 Å². The molecule has 22 heavy (non-hydrogen) atoms. The Morgan fingerprint density at radius 1 is 1.23 bits per heavy atom. The van der Waals surface area contributed by atoms with Crippen molar-refractivity contribution in [1.29, 1.82) is 0 Å². The van der Waals surface area contributed by atoms with Crippen molar-refractivity contribution in [1.82, 2.24) is 4.90 Å². The lowest BCUT2D eigenvalue weighted by Crippen LogP contribution is -2.51. The van der Waals surface area contributed by atoms with Gasteiger partial charge in [0.1, 0.15) is 11.3 Å². The molecule has 1 fully saturated rings. The highest BCUT2D eigenvalue weighted by Crippen LogP contribution is 2.30. The first-order valence-electron chi connectivity index (χ1n) is 7.83. The Labute approximate surface area is 139 Å². The SMILES string of the molecule is Cc1cc2cc(CN3CCC(N)C(C)(C)C3)oc2cc1C.Cl. The highest BCUT2D eigenvalue weighted by Gasteiger charge is 2.33. The molecular weight excluding hydrogens is 296 g/mol. The quantitative estimate of drug-likeness (QED) is 0.907. The first-order chi connectivity index (χ1) is 9.85. The zero-order valence-electron chi connectivity index (χ0n) is 14.0. The van der Waals surface area contributed by atoms with E-state index < -0.39 is 0 Å². The maximum absolute atomic E-state index is 6.21. The van der Waals surface area contributed by atoms with Gasteiger partial charge < -0.3 is 10.2 Å². The first-order valence-corrected chi connectivity index (χ1v) is 7.83. The Morgan fingerprint density at radius 3 is 2.59 bits per heavy atom. The number of furan rings is 1. The Hall–Kier alpha value is -1.03. The molecule has 2 aromatic rings. The molecule has 1 saturated heterocycles. The number of nitrogens with zero attached hydrogens (tertiary/aromatic N) is 1. The van der Waals surface area contributed by atoms with E-state index in [-0.39, 0.29) is 17.8 Å². The summed E-state index contributed by atoms with van der Waals surface area (Å²) >= 11 is 0. The standard InChI is InChI=1S/C18H26N2O.ClH/c1-12-7-14-9-15(21-16(14)8-13(12)2)10-20-6-5-17(19)18(3,4)11-20;/h7-9,17H,5-6,10-11,19H2,1-4H3;1H. The summed E-state index contributed by atoms with van der Waals surface area (Å²) in [5, 5.41) is 1.21. The van der Waals surface area contributed by atoms with Crippen molar-refractivity contribution in [3.8, 4) is 0 Å². The molecule has 0 aliphatic carbocycles. The fourth-order valence-electron chi connectivity index (χ4n) is 3.28. The van der Waals surface area contributed by atoms with Crippen LogP contribution in [0.2, 0.25) is 0 Å². The molecule has 4 heteroatoms. The lowest BCUT2D eigenvalue weighted by Gasteiger charge is -2.42. The topological polar surface area (TPSA) is 42.4 Å². The molecule has 0 radical (unpaired) electrons. The Kier molecular flexibility index (Phi) is 4.90. The Morgan fingerprint density at radius 2 is 1.91 bits per heavy atom.